The van der Waals surface area contributed by atoms with Crippen LogP contribution in [0.5, 0.6) is 5.75 Å². The van der Waals surface area contributed by atoms with Gasteiger partial charge in [0.25, 0.3) is 0 Å². The van der Waals surface area contributed by atoms with Crippen LogP contribution < -0.4 is 14.4 Å². The number of para-hydroxylation sites is 1. The van der Waals surface area contributed by atoms with Gasteiger partial charge in [-0.3, -0.25) is 9.62 Å². The van der Waals surface area contributed by atoms with Crippen molar-refractivity contribution in [3.05, 3.63) is 54.1 Å². The van der Waals surface area contributed by atoms with Crippen molar-refractivity contribution in [2.45, 2.75) is 26.2 Å². The maximum atomic E-state index is 12.5. The van der Waals surface area contributed by atoms with Crippen LogP contribution >= 0.6 is 0 Å². The molecule has 0 fully saturated rings. The Bertz CT molecular complexity index is 882. The first-order valence-electron chi connectivity index (χ1n) is 8.67. The van der Waals surface area contributed by atoms with E-state index >= 15 is 0 Å². The van der Waals surface area contributed by atoms with Gasteiger partial charge in [-0.05, 0) is 55.2 Å². The van der Waals surface area contributed by atoms with Crippen LogP contribution in [0, 0.1) is 0 Å². The number of ether oxygens (including phenoxy) is 1. The highest BCUT2D eigenvalue weighted by Crippen LogP contribution is 2.32. The van der Waals surface area contributed by atoms with Gasteiger partial charge in [-0.1, -0.05) is 25.1 Å². The smallest absolute Gasteiger partial charge is 0.410 e. The average Bonchev–Trinajstić information content (AvgIpc) is 2.61. The Labute approximate surface area is 153 Å². The molecule has 0 bridgehead atoms. The molecule has 0 saturated carbocycles. The first kappa shape index (κ1) is 18.3. The second-order valence-corrected chi connectivity index (χ2v) is 8.18. The van der Waals surface area contributed by atoms with Crippen molar-refractivity contribution in [3.8, 4) is 5.75 Å². The summed E-state index contributed by atoms with van der Waals surface area (Å²) >= 11 is 0. The molecule has 0 aromatic heterocycles. The number of anilines is 2. The Morgan fingerprint density at radius 1 is 1.19 bits per heavy atom. The first-order chi connectivity index (χ1) is 12.5. The molecule has 0 spiro atoms. The Hall–Kier alpha value is -2.54. The lowest BCUT2D eigenvalue weighted by molar-refractivity contribution is 0.215. The zero-order valence-electron chi connectivity index (χ0n) is 14.6. The summed E-state index contributed by atoms with van der Waals surface area (Å²) < 4.78 is 31.6. The third-order valence-electron chi connectivity index (χ3n) is 4.15. The van der Waals surface area contributed by atoms with Crippen LogP contribution in [0.15, 0.2) is 48.5 Å². The van der Waals surface area contributed by atoms with E-state index in [1.54, 1.807) is 36.4 Å². The molecule has 1 heterocycles. The number of amides is 1. The summed E-state index contributed by atoms with van der Waals surface area (Å²) in [5.41, 5.74) is 2.19. The van der Waals surface area contributed by atoms with E-state index in [1.807, 2.05) is 19.1 Å². The lowest BCUT2D eigenvalue weighted by atomic mass is 10.0. The second-order valence-electron chi connectivity index (χ2n) is 6.16. The van der Waals surface area contributed by atoms with Gasteiger partial charge >= 0.3 is 6.09 Å². The molecular weight excluding hydrogens is 352 g/mol. The Morgan fingerprint density at radius 2 is 1.96 bits per heavy atom. The molecule has 1 amide bonds. The normalized spacial score (nSPS) is 13.8. The highest BCUT2D eigenvalue weighted by Gasteiger charge is 2.26. The molecule has 26 heavy (non-hydrogen) atoms. The Morgan fingerprint density at radius 3 is 2.69 bits per heavy atom. The molecule has 3 rings (SSSR count). The van der Waals surface area contributed by atoms with Crippen LogP contribution in [0.2, 0.25) is 0 Å². The second kappa shape index (κ2) is 7.78. The number of rotatable bonds is 5. The lowest BCUT2D eigenvalue weighted by Gasteiger charge is -2.30. The largest absolute Gasteiger partial charge is 0.417 e. The third kappa shape index (κ3) is 4.16. The molecular formula is C19H22N2O4S. The number of fused-ring (bicyclic) bond motifs is 1. The fraction of sp³-hybridized carbons (Fsp3) is 0.316. The van der Waals surface area contributed by atoms with E-state index in [9.17, 15) is 13.2 Å². The molecule has 0 radical (unpaired) electrons. The minimum Gasteiger partial charge on any atom is -0.410 e. The number of nitrogens with one attached hydrogen (secondary N) is 1. The van der Waals surface area contributed by atoms with Crippen LogP contribution in [0.4, 0.5) is 16.2 Å². The minimum absolute atomic E-state index is 0.135. The molecule has 2 aromatic carbocycles. The molecule has 0 aliphatic carbocycles. The summed E-state index contributed by atoms with van der Waals surface area (Å²) in [6, 6.07) is 14.1. The maximum absolute atomic E-state index is 12.5. The summed E-state index contributed by atoms with van der Waals surface area (Å²) in [5, 5.41) is 2.69. The molecule has 1 aliphatic heterocycles. The highest BCUT2D eigenvalue weighted by atomic mass is 32.2. The summed E-state index contributed by atoms with van der Waals surface area (Å²) in [4.78, 5) is 12.0. The molecule has 1 N–H and O–H groups in total. The fourth-order valence-electron chi connectivity index (χ4n) is 3.04. The first-order valence-corrected chi connectivity index (χ1v) is 10.3. The van der Waals surface area contributed by atoms with E-state index in [1.165, 1.54) is 4.31 Å². The van der Waals surface area contributed by atoms with Gasteiger partial charge in [-0.25, -0.2) is 13.2 Å². The summed E-state index contributed by atoms with van der Waals surface area (Å²) in [7, 11) is -3.30. The van der Waals surface area contributed by atoms with Gasteiger partial charge in [0.15, 0.2) is 0 Å². The van der Waals surface area contributed by atoms with Crippen LogP contribution in [0.1, 0.15) is 25.3 Å². The van der Waals surface area contributed by atoms with Gasteiger partial charge in [-0.2, -0.15) is 0 Å². The number of sulfonamides is 1. The molecule has 1 aliphatic rings. The summed E-state index contributed by atoms with van der Waals surface area (Å²) in [5.74, 6) is 0.593. The zero-order valence-corrected chi connectivity index (χ0v) is 15.5. The van der Waals surface area contributed by atoms with Gasteiger partial charge in [0.05, 0.1) is 11.4 Å². The number of nitrogens with zero attached hydrogens (tertiary/aromatic N) is 1. The van der Waals surface area contributed by atoms with Gasteiger partial charge in [-0.15, -0.1) is 0 Å². The standard InChI is InChI=1S/C19H22N2O4S/c1-2-13-26(23,24)21-12-6-7-15-14-16(10-11-18(15)21)20-19(22)25-17-8-4-3-5-9-17/h3-5,8-11,14H,2,6-7,12-13H2,1H3,(H,20,22). The third-order valence-corrected chi connectivity index (χ3v) is 6.13. The van der Waals surface area contributed by atoms with Crippen LogP contribution in [0.3, 0.4) is 0 Å². The predicted molar refractivity (Wildman–Crippen MR) is 102 cm³/mol. The van der Waals surface area contributed by atoms with Crippen molar-refractivity contribution < 1.29 is 17.9 Å². The lowest BCUT2D eigenvalue weighted by Crippen LogP contribution is -2.37. The topological polar surface area (TPSA) is 75.7 Å². The fourth-order valence-corrected chi connectivity index (χ4v) is 4.66. The van der Waals surface area contributed by atoms with E-state index in [0.29, 0.717) is 30.1 Å². The Balaban J connectivity index is 1.75. The minimum atomic E-state index is -3.30. The molecule has 0 atom stereocenters. The van der Waals surface area contributed by atoms with Gasteiger partial charge in [0.2, 0.25) is 10.0 Å². The van der Waals surface area contributed by atoms with Gasteiger partial charge in [0.1, 0.15) is 5.75 Å². The van der Waals surface area contributed by atoms with Crippen LogP contribution in [-0.2, 0) is 16.4 Å². The van der Waals surface area contributed by atoms with Gasteiger partial charge < -0.3 is 4.74 Å². The number of carbonyl (C=O) groups excluding carboxylic acids is 1. The predicted octanol–water partition coefficient (Wildman–Crippen LogP) is 3.79. The van der Waals surface area contributed by atoms with Crippen molar-refractivity contribution >= 4 is 27.5 Å². The van der Waals surface area contributed by atoms with Crippen molar-refractivity contribution in [2.75, 3.05) is 21.9 Å². The molecule has 7 heteroatoms. The monoisotopic (exact) mass is 374 g/mol. The van der Waals surface area contributed by atoms with Gasteiger partial charge in [0, 0.05) is 12.2 Å². The van der Waals surface area contributed by atoms with E-state index in [0.717, 1.165) is 18.4 Å². The van der Waals surface area contributed by atoms with Crippen molar-refractivity contribution in [1.82, 2.24) is 0 Å². The van der Waals surface area contributed by atoms with E-state index < -0.39 is 16.1 Å². The van der Waals surface area contributed by atoms with E-state index in [2.05, 4.69) is 5.32 Å². The maximum Gasteiger partial charge on any atom is 0.417 e. The molecule has 6 nitrogen and oxygen atoms in total. The number of benzene rings is 2. The molecule has 2 aromatic rings. The SMILES string of the molecule is CCCS(=O)(=O)N1CCCc2cc(NC(=O)Oc3ccccc3)ccc21. The molecule has 0 saturated heterocycles. The van der Waals surface area contributed by atoms with E-state index in [4.69, 9.17) is 4.74 Å². The van der Waals surface area contributed by atoms with Crippen LogP contribution in [-0.4, -0.2) is 26.8 Å². The number of hydrogen-bond acceptors (Lipinski definition) is 4. The quantitative estimate of drug-likeness (QED) is 0.864. The van der Waals surface area contributed by atoms with Crippen LogP contribution in [0.25, 0.3) is 0 Å². The summed E-state index contributed by atoms with van der Waals surface area (Å²) in [6.07, 6.45) is 1.53. The molecule has 0 unspecified atom stereocenters. The number of aryl methyl sites for hydroxylation is 1. The average molecular weight is 374 g/mol. The number of hydrogen-bond donors (Lipinski definition) is 1. The molecule has 138 valence electrons. The zero-order chi connectivity index (χ0) is 18.6. The highest BCUT2D eigenvalue weighted by molar-refractivity contribution is 7.92. The Kier molecular flexibility index (Phi) is 5.46. The van der Waals surface area contributed by atoms with E-state index in [-0.39, 0.29) is 5.75 Å². The summed E-state index contributed by atoms with van der Waals surface area (Å²) in [6.45, 7) is 2.35. The van der Waals surface area contributed by atoms with Crippen molar-refractivity contribution in [2.24, 2.45) is 0 Å². The van der Waals surface area contributed by atoms with Crippen molar-refractivity contribution in [1.29, 1.82) is 0 Å². The van der Waals surface area contributed by atoms with Crippen molar-refractivity contribution in [3.63, 3.8) is 0 Å². The number of carbonyl (C=O) groups is 1.